The molecule has 0 amide bonds. The van der Waals surface area contributed by atoms with E-state index in [0.717, 1.165) is 10.7 Å². The molecule has 0 aliphatic heterocycles. The number of anilines is 1. The number of ether oxygens (including phenoxy) is 1. The van der Waals surface area contributed by atoms with Crippen molar-refractivity contribution in [1.82, 2.24) is 9.55 Å². The van der Waals surface area contributed by atoms with E-state index >= 15 is 0 Å². The van der Waals surface area contributed by atoms with E-state index in [2.05, 4.69) is 4.98 Å². The molecule has 0 bridgehead atoms. The number of nitrogen functional groups attached to an aromatic ring is 1. The highest BCUT2D eigenvalue weighted by atomic mass is 32.1. The number of esters is 1. The van der Waals surface area contributed by atoms with Crippen molar-refractivity contribution in [3.8, 4) is 0 Å². The van der Waals surface area contributed by atoms with Crippen molar-refractivity contribution in [3.05, 3.63) is 34.0 Å². The Kier molecular flexibility index (Phi) is 3.66. The number of thiazole rings is 1. The molecule has 96 valence electrons. The topological polar surface area (TPSA) is 70.1 Å². The number of carbonyl (C=O) groups excluding carboxylic acids is 1. The second-order valence-electron chi connectivity index (χ2n) is 3.88. The van der Waals surface area contributed by atoms with Crippen LogP contribution in [0.2, 0.25) is 0 Å². The van der Waals surface area contributed by atoms with Crippen molar-refractivity contribution in [2.24, 2.45) is 0 Å². The maximum atomic E-state index is 11.9. The standard InChI is InChI=1S/C12H15N3O2S/c1-3-15-5-9(13)4-11(15)12(16)17-6-10-7-18-8(2)14-10/h4-5,7H,3,6,13H2,1-2H3. The highest BCUT2D eigenvalue weighted by Crippen LogP contribution is 2.14. The molecule has 2 N–H and O–H groups in total. The van der Waals surface area contributed by atoms with Crippen LogP contribution < -0.4 is 5.73 Å². The van der Waals surface area contributed by atoms with Crippen LogP contribution in [0.15, 0.2) is 17.6 Å². The Labute approximate surface area is 109 Å². The van der Waals surface area contributed by atoms with Crippen molar-refractivity contribution in [3.63, 3.8) is 0 Å². The van der Waals surface area contributed by atoms with Gasteiger partial charge in [-0.2, -0.15) is 0 Å². The van der Waals surface area contributed by atoms with Gasteiger partial charge in [-0.05, 0) is 19.9 Å². The second kappa shape index (κ2) is 5.22. The van der Waals surface area contributed by atoms with Gasteiger partial charge in [0.2, 0.25) is 0 Å². The van der Waals surface area contributed by atoms with Crippen LogP contribution >= 0.6 is 11.3 Å². The van der Waals surface area contributed by atoms with Gasteiger partial charge in [0.25, 0.3) is 0 Å². The fraction of sp³-hybridized carbons (Fsp3) is 0.333. The summed E-state index contributed by atoms with van der Waals surface area (Å²) in [4.78, 5) is 16.1. The smallest absolute Gasteiger partial charge is 0.355 e. The average molecular weight is 265 g/mol. The third kappa shape index (κ3) is 2.70. The number of hydrogen-bond acceptors (Lipinski definition) is 5. The Morgan fingerprint density at radius 1 is 1.61 bits per heavy atom. The van der Waals surface area contributed by atoms with Gasteiger partial charge in [0.05, 0.1) is 16.4 Å². The third-order valence-electron chi connectivity index (χ3n) is 2.49. The van der Waals surface area contributed by atoms with E-state index < -0.39 is 0 Å². The lowest BCUT2D eigenvalue weighted by atomic mass is 10.4. The van der Waals surface area contributed by atoms with Crippen molar-refractivity contribution in [2.75, 3.05) is 5.73 Å². The first-order valence-corrected chi connectivity index (χ1v) is 6.52. The maximum absolute atomic E-state index is 11.9. The van der Waals surface area contributed by atoms with Crippen LogP contribution in [0.4, 0.5) is 5.69 Å². The molecule has 0 aliphatic carbocycles. The number of nitrogens with two attached hydrogens (primary N) is 1. The fourth-order valence-corrected chi connectivity index (χ4v) is 2.25. The van der Waals surface area contributed by atoms with Gasteiger partial charge >= 0.3 is 5.97 Å². The fourth-order valence-electron chi connectivity index (χ4n) is 1.65. The molecule has 2 aromatic rings. The van der Waals surface area contributed by atoms with Crippen LogP contribution in [-0.4, -0.2) is 15.5 Å². The van der Waals surface area contributed by atoms with Crippen molar-refractivity contribution in [2.45, 2.75) is 27.0 Å². The Hall–Kier alpha value is -1.82. The number of hydrogen-bond donors (Lipinski definition) is 1. The lowest BCUT2D eigenvalue weighted by Gasteiger charge is -2.05. The summed E-state index contributed by atoms with van der Waals surface area (Å²) in [7, 11) is 0. The van der Waals surface area contributed by atoms with E-state index in [1.54, 1.807) is 16.8 Å². The van der Waals surface area contributed by atoms with E-state index in [0.29, 0.717) is 17.9 Å². The molecule has 2 aromatic heterocycles. The van der Waals surface area contributed by atoms with E-state index in [1.807, 2.05) is 19.2 Å². The first kappa shape index (κ1) is 12.6. The molecule has 2 heterocycles. The van der Waals surface area contributed by atoms with Gasteiger partial charge in [0.15, 0.2) is 0 Å². The van der Waals surface area contributed by atoms with E-state index in [-0.39, 0.29) is 12.6 Å². The molecule has 0 aliphatic rings. The lowest BCUT2D eigenvalue weighted by Crippen LogP contribution is -2.11. The number of aryl methyl sites for hydroxylation is 2. The molecule has 18 heavy (non-hydrogen) atoms. The third-order valence-corrected chi connectivity index (χ3v) is 3.31. The van der Waals surface area contributed by atoms with Crippen molar-refractivity contribution >= 4 is 23.0 Å². The molecule has 0 spiro atoms. The number of aromatic nitrogens is 2. The highest BCUT2D eigenvalue weighted by molar-refractivity contribution is 7.09. The minimum Gasteiger partial charge on any atom is -0.454 e. The summed E-state index contributed by atoms with van der Waals surface area (Å²) in [6.07, 6.45) is 1.73. The first-order valence-electron chi connectivity index (χ1n) is 5.64. The molecule has 6 heteroatoms. The molecule has 0 aromatic carbocycles. The molecular weight excluding hydrogens is 250 g/mol. The average Bonchev–Trinajstić information content (AvgIpc) is 2.92. The van der Waals surface area contributed by atoms with Gasteiger partial charge < -0.3 is 15.0 Å². The van der Waals surface area contributed by atoms with Gasteiger partial charge in [-0.3, -0.25) is 0 Å². The quantitative estimate of drug-likeness (QED) is 0.860. The van der Waals surface area contributed by atoms with Crippen LogP contribution in [-0.2, 0) is 17.9 Å². The van der Waals surface area contributed by atoms with Crippen molar-refractivity contribution in [1.29, 1.82) is 0 Å². The predicted molar refractivity (Wildman–Crippen MR) is 70.5 cm³/mol. The Balaban J connectivity index is 2.03. The number of carbonyl (C=O) groups is 1. The molecule has 2 rings (SSSR count). The van der Waals surface area contributed by atoms with Crippen LogP contribution in [0, 0.1) is 6.92 Å². The molecule has 0 radical (unpaired) electrons. The highest BCUT2D eigenvalue weighted by Gasteiger charge is 2.14. The Morgan fingerprint density at radius 3 is 3.00 bits per heavy atom. The monoisotopic (exact) mass is 265 g/mol. The summed E-state index contributed by atoms with van der Waals surface area (Å²) in [6, 6.07) is 1.62. The predicted octanol–water partition coefficient (Wildman–Crippen LogP) is 2.21. The first-order chi connectivity index (χ1) is 8.60. The molecule has 0 unspecified atom stereocenters. The van der Waals surface area contributed by atoms with Gasteiger partial charge in [0.1, 0.15) is 12.3 Å². The van der Waals surface area contributed by atoms with E-state index in [4.69, 9.17) is 10.5 Å². The maximum Gasteiger partial charge on any atom is 0.355 e. The summed E-state index contributed by atoms with van der Waals surface area (Å²) in [5.41, 5.74) is 7.47. The van der Waals surface area contributed by atoms with Crippen LogP contribution in [0.25, 0.3) is 0 Å². The molecule has 0 saturated carbocycles. The normalized spacial score (nSPS) is 10.6. The zero-order valence-electron chi connectivity index (χ0n) is 10.3. The SMILES string of the molecule is CCn1cc(N)cc1C(=O)OCc1csc(C)n1. The zero-order chi connectivity index (χ0) is 13.1. The molecule has 0 saturated heterocycles. The summed E-state index contributed by atoms with van der Waals surface area (Å²) in [5.74, 6) is -0.376. The lowest BCUT2D eigenvalue weighted by molar-refractivity contribution is 0.0456. The second-order valence-corrected chi connectivity index (χ2v) is 4.94. The minimum absolute atomic E-state index is 0.192. The summed E-state index contributed by atoms with van der Waals surface area (Å²) < 4.78 is 6.98. The summed E-state index contributed by atoms with van der Waals surface area (Å²) >= 11 is 1.54. The van der Waals surface area contributed by atoms with Crippen LogP contribution in [0.3, 0.4) is 0 Å². The molecular formula is C12H15N3O2S. The minimum atomic E-state index is -0.376. The molecule has 5 nitrogen and oxygen atoms in total. The largest absolute Gasteiger partial charge is 0.454 e. The van der Waals surface area contributed by atoms with Gasteiger partial charge in [-0.25, -0.2) is 9.78 Å². The summed E-state index contributed by atoms with van der Waals surface area (Å²) in [6.45, 7) is 4.73. The van der Waals surface area contributed by atoms with Gasteiger partial charge in [-0.1, -0.05) is 0 Å². The van der Waals surface area contributed by atoms with Crippen molar-refractivity contribution < 1.29 is 9.53 Å². The Morgan fingerprint density at radius 2 is 2.39 bits per heavy atom. The Bertz CT molecular complexity index is 559. The van der Waals surface area contributed by atoms with Gasteiger partial charge in [0, 0.05) is 18.1 Å². The summed E-state index contributed by atoms with van der Waals surface area (Å²) in [5, 5.41) is 2.85. The van der Waals surface area contributed by atoms with Gasteiger partial charge in [-0.15, -0.1) is 11.3 Å². The van der Waals surface area contributed by atoms with Crippen LogP contribution in [0.1, 0.15) is 28.1 Å². The van der Waals surface area contributed by atoms with Crippen LogP contribution in [0.5, 0.6) is 0 Å². The zero-order valence-corrected chi connectivity index (χ0v) is 11.2. The number of nitrogens with zero attached hydrogens (tertiary/aromatic N) is 2. The van der Waals surface area contributed by atoms with E-state index in [9.17, 15) is 4.79 Å². The van der Waals surface area contributed by atoms with E-state index in [1.165, 1.54) is 11.3 Å². The molecule has 0 fully saturated rings. The number of rotatable bonds is 4. The molecule has 0 atom stereocenters.